The van der Waals surface area contributed by atoms with Gasteiger partial charge in [0.05, 0.1) is 24.2 Å². The molecule has 1 N–H and O–H groups in total. The summed E-state index contributed by atoms with van der Waals surface area (Å²) < 4.78 is 2.08. The number of rotatable bonds is 3. The van der Waals surface area contributed by atoms with Crippen molar-refractivity contribution in [1.29, 1.82) is 0 Å². The van der Waals surface area contributed by atoms with E-state index in [0.29, 0.717) is 0 Å². The number of aromatic nitrogens is 2. The smallest absolute Gasteiger partial charge is 0.0953 e. The number of aliphatic hydroxyl groups excluding tert-OH is 1. The van der Waals surface area contributed by atoms with Crippen molar-refractivity contribution in [2.45, 2.75) is 37.8 Å². The maximum Gasteiger partial charge on any atom is 0.0953 e. The molecule has 0 saturated heterocycles. The number of nitrogens with zero attached hydrogens (tertiary/aromatic N) is 2. The number of imidazole rings is 1. The SMILES string of the molecule is O[C@H]1CCC[C@H]1n1cnc(Cc2ccccc2)c1. The minimum absolute atomic E-state index is 0.205. The molecule has 3 nitrogen and oxygen atoms in total. The Kier molecular flexibility index (Phi) is 3.15. The highest BCUT2D eigenvalue weighted by Gasteiger charge is 2.26. The minimum atomic E-state index is -0.205. The first kappa shape index (κ1) is 11.5. The van der Waals surface area contributed by atoms with Gasteiger partial charge in [0.15, 0.2) is 0 Å². The largest absolute Gasteiger partial charge is 0.391 e. The lowest BCUT2D eigenvalue weighted by Gasteiger charge is -2.15. The van der Waals surface area contributed by atoms with E-state index in [9.17, 15) is 5.11 Å². The molecule has 1 heterocycles. The van der Waals surface area contributed by atoms with Crippen LogP contribution in [0.5, 0.6) is 0 Å². The van der Waals surface area contributed by atoms with Gasteiger partial charge in [0, 0.05) is 12.6 Å². The van der Waals surface area contributed by atoms with Crippen LogP contribution in [0.15, 0.2) is 42.9 Å². The van der Waals surface area contributed by atoms with Crippen molar-refractivity contribution in [2.24, 2.45) is 0 Å². The second-order valence-electron chi connectivity index (χ2n) is 5.04. The molecule has 0 amide bonds. The van der Waals surface area contributed by atoms with Gasteiger partial charge < -0.3 is 9.67 Å². The molecule has 94 valence electrons. The maximum absolute atomic E-state index is 9.89. The minimum Gasteiger partial charge on any atom is -0.391 e. The standard InChI is InChI=1S/C15H18N2O/c18-15-8-4-7-14(15)17-10-13(16-11-17)9-12-5-2-1-3-6-12/h1-3,5-6,10-11,14-15,18H,4,7-9H2/t14-,15+/m1/s1. The molecule has 18 heavy (non-hydrogen) atoms. The normalized spacial score (nSPS) is 23.4. The van der Waals surface area contributed by atoms with Crippen LogP contribution >= 0.6 is 0 Å². The average molecular weight is 242 g/mol. The topological polar surface area (TPSA) is 38.0 Å². The van der Waals surface area contributed by atoms with Crippen molar-refractivity contribution >= 4 is 0 Å². The second kappa shape index (κ2) is 4.94. The summed E-state index contributed by atoms with van der Waals surface area (Å²) in [5, 5.41) is 9.89. The third-order valence-corrected chi connectivity index (χ3v) is 3.71. The molecule has 1 aliphatic rings. The maximum atomic E-state index is 9.89. The molecular weight excluding hydrogens is 224 g/mol. The predicted octanol–water partition coefficient (Wildman–Crippen LogP) is 2.56. The van der Waals surface area contributed by atoms with Gasteiger partial charge in [-0.3, -0.25) is 0 Å². The van der Waals surface area contributed by atoms with Gasteiger partial charge in [-0.25, -0.2) is 4.98 Å². The number of benzene rings is 1. The molecule has 1 aromatic heterocycles. The summed E-state index contributed by atoms with van der Waals surface area (Å²) in [7, 11) is 0. The van der Waals surface area contributed by atoms with E-state index in [4.69, 9.17) is 0 Å². The van der Waals surface area contributed by atoms with Gasteiger partial charge in [0.1, 0.15) is 0 Å². The van der Waals surface area contributed by atoms with Gasteiger partial charge in [0.25, 0.3) is 0 Å². The third-order valence-electron chi connectivity index (χ3n) is 3.71. The van der Waals surface area contributed by atoms with Gasteiger partial charge in [0.2, 0.25) is 0 Å². The summed E-state index contributed by atoms with van der Waals surface area (Å²) in [6.45, 7) is 0. The Bertz CT molecular complexity index is 506. The molecule has 3 rings (SSSR count). The van der Waals surface area contributed by atoms with Gasteiger partial charge in [-0.1, -0.05) is 30.3 Å². The molecule has 0 radical (unpaired) electrons. The Labute approximate surface area is 107 Å². The van der Waals surface area contributed by atoms with E-state index >= 15 is 0 Å². The summed E-state index contributed by atoms with van der Waals surface area (Å²) >= 11 is 0. The Hall–Kier alpha value is -1.61. The monoisotopic (exact) mass is 242 g/mol. The molecule has 1 aromatic carbocycles. The number of hydrogen-bond acceptors (Lipinski definition) is 2. The zero-order valence-corrected chi connectivity index (χ0v) is 10.4. The molecule has 0 aliphatic heterocycles. The lowest BCUT2D eigenvalue weighted by Crippen LogP contribution is -2.16. The van der Waals surface area contributed by atoms with Crippen LogP contribution in [0.3, 0.4) is 0 Å². The Balaban J connectivity index is 1.74. The average Bonchev–Trinajstić information content (AvgIpc) is 2.99. The fourth-order valence-electron chi connectivity index (χ4n) is 2.73. The van der Waals surface area contributed by atoms with E-state index in [0.717, 1.165) is 31.4 Å². The van der Waals surface area contributed by atoms with E-state index in [1.807, 2.05) is 24.5 Å². The fraction of sp³-hybridized carbons (Fsp3) is 0.400. The summed E-state index contributed by atoms with van der Waals surface area (Å²) in [6.07, 6.45) is 7.67. The highest BCUT2D eigenvalue weighted by Crippen LogP contribution is 2.30. The molecule has 0 unspecified atom stereocenters. The van der Waals surface area contributed by atoms with Crippen LogP contribution in [-0.4, -0.2) is 20.8 Å². The summed E-state index contributed by atoms with van der Waals surface area (Å²) in [5.74, 6) is 0. The van der Waals surface area contributed by atoms with Crippen LogP contribution in [0.2, 0.25) is 0 Å². The van der Waals surface area contributed by atoms with Crippen LogP contribution in [0.25, 0.3) is 0 Å². The van der Waals surface area contributed by atoms with E-state index in [1.165, 1.54) is 5.56 Å². The Morgan fingerprint density at radius 3 is 2.78 bits per heavy atom. The van der Waals surface area contributed by atoms with Gasteiger partial charge in [-0.15, -0.1) is 0 Å². The summed E-state index contributed by atoms with van der Waals surface area (Å²) in [4.78, 5) is 4.44. The highest BCUT2D eigenvalue weighted by atomic mass is 16.3. The number of aliphatic hydroxyl groups is 1. The summed E-state index contributed by atoms with van der Waals surface area (Å²) in [6, 6.07) is 10.6. The predicted molar refractivity (Wildman–Crippen MR) is 70.4 cm³/mol. The quantitative estimate of drug-likeness (QED) is 0.898. The van der Waals surface area contributed by atoms with Crippen LogP contribution < -0.4 is 0 Å². The van der Waals surface area contributed by atoms with Crippen LogP contribution in [0.1, 0.15) is 36.6 Å². The molecular formula is C15H18N2O. The van der Waals surface area contributed by atoms with Crippen molar-refractivity contribution in [3.05, 3.63) is 54.1 Å². The van der Waals surface area contributed by atoms with Gasteiger partial charge in [-0.05, 0) is 24.8 Å². The van der Waals surface area contributed by atoms with Crippen molar-refractivity contribution in [2.75, 3.05) is 0 Å². The molecule has 1 saturated carbocycles. The van der Waals surface area contributed by atoms with Crippen LogP contribution in [0, 0.1) is 0 Å². The first-order valence-electron chi connectivity index (χ1n) is 6.57. The molecule has 3 heteroatoms. The fourth-order valence-corrected chi connectivity index (χ4v) is 2.73. The van der Waals surface area contributed by atoms with Crippen molar-refractivity contribution in [3.8, 4) is 0 Å². The molecule has 0 spiro atoms. The second-order valence-corrected chi connectivity index (χ2v) is 5.04. The zero-order valence-electron chi connectivity index (χ0n) is 10.4. The van der Waals surface area contributed by atoms with E-state index in [1.54, 1.807) is 0 Å². The lowest BCUT2D eigenvalue weighted by molar-refractivity contribution is 0.136. The van der Waals surface area contributed by atoms with Crippen molar-refractivity contribution < 1.29 is 5.11 Å². The molecule has 1 aliphatic carbocycles. The van der Waals surface area contributed by atoms with Crippen LogP contribution in [0.4, 0.5) is 0 Å². The third kappa shape index (κ3) is 2.31. The Morgan fingerprint density at radius 2 is 2.06 bits per heavy atom. The van der Waals surface area contributed by atoms with E-state index in [-0.39, 0.29) is 12.1 Å². The lowest BCUT2D eigenvalue weighted by atomic mass is 10.1. The van der Waals surface area contributed by atoms with Gasteiger partial charge in [-0.2, -0.15) is 0 Å². The summed E-state index contributed by atoms with van der Waals surface area (Å²) in [5.41, 5.74) is 2.34. The number of hydrogen-bond donors (Lipinski definition) is 1. The van der Waals surface area contributed by atoms with Gasteiger partial charge >= 0.3 is 0 Å². The molecule has 0 bridgehead atoms. The Morgan fingerprint density at radius 1 is 1.22 bits per heavy atom. The first-order chi connectivity index (χ1) is 8.83. The first-order valence-corrected chi connectivity index (χ1v) is 6.57. The van der Waals surface area contributed by atoms with E-state index in [2.05, 4.69) is 27.9 Å². The highest BCUT2D eigenvalue weighted by molar-refractivity contribution is 5.20. The molecule has 2 aromatic rings. The van der Waals surface area contributed by atoms with Crippen LogP contribution in [-0.2, 0) is 6.42 Å². The molecule has 1 fully saturated rings. The van der Waals surface area contributed by atoms with Crippen molar-refractivity contribution in [1.82, 2.24) is 9.55 Å². The zero-order chi connectivity index (χ0) is 12.4. The van der Waals surface area contributed by atoms with Crippen molar-refractivity contribution in [3.63, 3.8) is 0 Å². The van der Waals surface area contributed by atoms with E-state index < -0.39 is 0 Å². The molecule has 2 atom stereocenters.